The zero-order valence-electron chi connectivity index (χ0n) is 18.4. The van der Waals surface area contributed by atoms with Gasteiger partial charge < -0.3 is 15.7 Å². The van der Waals surface area contributed by atoms with Gasteiger partial charge in [0, 0.05) is 11.4 Å². The lowest BCUT2D eigenvalue weighted by Crippen LogP contribution is -2.16. The summed E-state index contributed by atoms with van der Waals surface area (Å²) in [4.78, 5) is 41.0. The molecule has 1 heterocycles. The van der Waals surface area contributed by atoms with Crippen molar-refractivity contribution in [3.05, 3.63) is 82.9 Å². The summed E-state index contributed by atoms with van der Waals surface area (Å²) in [6.07, 6.45) is 0. The van der Waals surface area contributed by atoms with Crippen molar-refractivity contribution in [1.29, 1.82) is 0 Å². The number of nitrogens with zero attached hydrogens (tertiary/aromatic N) is 1. The number of nitrogens with one attached hydrogen (secondary N) is 2. The van der Waals surface area contributed by atoms with Crippen molar-refractivity contribution in [2.45, 2.75) is 18.2 Å². The Morgan fingerprint density at radius 2 is 1.74 bits per heavy atom. The molecular weight excluding hydrogens is 470 g/mol. The minimum absolute atomic E-state index is 0.0586. The minimum Gasteiger partial charge on any atom is -0.478 e. The van der Waals surface area contributed by atoms with Gasteiger partial charge in [0.05, 0.1) is 27.1 Å². The lowest BCUT2D eigenvalue weighted by Gasteiger charge is -2.09. The fourth-order valence-corrected chi connectivity index (χ4v) is 5.22. The van der Waals surface area contributed by atoms with Gasteiger partial charge in [0.25, 0.3) is 5.91 Å². The summed E-state index contributed by atoms with van der Waals surface area (Å²) in [5, 5.41) is 15.0. The van der Waals surface area contributed by atoms with Crippen LogP contribution in [0.4, 0.5) is 11.4 Å². The second-order valence-corrected chi connectivity index (χ2v) is 9.80. The molecule has 0 saturated heterocycles. The van der Waals surface area contributed by atoms with Gasteiger partial charge >= 0.3 is 5.97 Å². The number of fused-ring (bicyclic) bond motifs is 1. The van der Waals surface area contributed by atoms with Crippen LogP contribution in [0.3, 0.4) is 0 Å². The molecule has 34 heavy (non-hydrogen) atoms. The highest BCUT2D eigenvalue weighted by molar-refractivity contribution is 8.01. The number of amides is 2. The summed E-state index contributed by atoms with van der Waals surface area (Å²) in [5.41, 5.74) is 4.28. The van der Waals surface area contributed by atoms with E-state index in [4.69, 9.17) is 0 Å². The normalized spacial score (nSPS) is 10.8. The van der Waals surface area contributed by atoms with Gasteiger partial charge in [-0.1, -0.05) is 36.0 Å². The summed E-state index contributed by atoms with van der Waals surface area (Å²) in [6, 6.07) is 17.1. The van der Waals surface area contributed by atoms with Crippen molar-refractivity contribution in [1.82, 2.24) is 4.98 Å². The number of hydrogen-bond donors (Lipinski definition) is 3. The lowest BCUT2D eigenvalue weighted by atomic mass is 10.1. The fraction of sp³-hybridized carbons (Fsp3) is 0.120. The second-order valence-electron chi connectivity index (χ2n) is 7.55. The first kappa shape index (κ1) is 23.5. The van der Waals surface area contributed by atoms with E-state index in [9.17, 15) is 19.5 Å². The van der Waals surface area contributed by atoms with Crippen LogP contribution in [0.15, 0.2) is 65.0 Å². The second kappa shape index (κ2) is 10.1. The van der Waals surface area contributed by atoms with Gasteiger partial charge in [-0.2, -0.15) is 0 Å². The van der Waals surface area contributed by atoms with Crippen LogP contribution in [0.5, 0.6) is 0 Å². The van der Waals surface area contributed by atoms with E-state index in [1.54, 1.807) is 30.3 Å². The van der Waals surface area contributed by atoms with E-state index in [0.717, 1.165) is 31.4 Å². The highest BCUT2D eigenvalue weighted by atomic mass is 32.2. The number of aryl methyl sites for hydroxylation is 1. The molecule has 4 rings (SSSR count). The molecule has 0 spiro atoms. The monoisotopic (exact) mass is 491 g/mol. The van der Waals surface area contributed by atoms with Gasteiger partial charge in [-0.05, 0) is 61.4 Å². The van der Waals surface area contributed by atoms with Crippen LogP contribution in [-0.2, 0) is 4.79 Å². The first-order valence-electron chi connectivity index (χ1n) is 10.3. The number of thioether (sulfide) groups is 1. The Morgan fingerprint density at radius 1 is 0.971 bits per heavy atom. The van der Waals surface area contributed by atoms with Crippen LogP contribution >= 0.6 is 23.1 Å². The van der Waals surface area contributed by atoms with Gasteiger partial charge in [-0.3, -0.25) is 9.59 Å². The van der Waals surface area contributed by atoms with Crippen LogP contribution < -0.4 is 10.6 Å². The molecule has 0 bridgehead atoms. The first-order valence-corrected chi connectivity index (χ1v) is 12.1. The van der Waals surface area contributed by atoms with Crippen LogP contribution in [0.2, 0.25) is 0 Å². The molecule has 0 aliphatic rings. The maximum atomic E-state index is 12.6. The lowest BCUT2D eigenvalue weighted by molar-refractivity contribution is -0.113. The molecule has 0 saturated carbocycles. The molecule has 0 aliphatic carbocycles. The molecule has 0 radical (unpaired) electrons. The molecule has 0 unspecified atom stereocenters. The molecule has 0 atom stereocenters. The van der Waals surface area contributed by atoms with Gasteiger partial charge in [-0.15, -0.1) is 11.3 Å². The van der Waals surface area contributed by atoms with E-state index in [1.165, 1.54) is 35.2 Å². The molecule has 9 heteroatoms. The van der Waals surface area contributed by atoms with Gasteiger partial charge in [-0.25, -0.2) is 9.78 Å². The van der Waals surface area contributed by atoms with Crippen molar-refractivity contribution in [2.75, 3.05) is 16.4 Å². The Balaban J connectivity index is 1.42. The summed E-state index contributed by atoms with van der Waals surface area (Å²) >= 11 is 2.77. The van der Waals surface area contributed by atoms with E-state index in [-0.39, 0.29) is 22.8 Å². The topological polar surface area (TPSA) is 108 Å². The number of benzene rings is 3. The zero-order valence-corrected chi connectivity index (χ0v) is 20.0. The highest BCUT2D eigenvalue weighted by Crippen LogP contribution is 2.31. The van der Waals surface area contributed by atoms with Crippen LogP contribution in [0, 0.1) is 13.8 Å². The maximum absolute atomic E-state index is 12.6. The average molecular weight is 492 g/mol. The Hall–Kier alpha value is -3.69. The summed E-state index contributed by atoms with van der Waals surface area (Å²) in [5.74, 6) is -1.54. The van der Waals surface area contributed by atoms with Crippen LogP contribution in [0.1, 0.15) is 31.8 Å². The number of aromatic carboxylic acids is 1. The quantitative estimate of drug-likeness (QED) is 0.291. The average Bonchev–Trinajstić information content (AvgIpc) is 3.23. The third-order valence-electron chi connectivity index (χ3n) is 5.23. The maximum Gasteiger partial charge on any atom is 0.336 e. The molecule has 2 amide bonds. The fourth-order valence-electron chi connectivity index (χ4n) is 3.31. The third kappa shape index (κ3) is 5.27. The Bertz CT molecular complexity index is 1410. The molecule has 3 N–H and O–H groups in total. The molecule has 7 nitrogen and oxygen atoms in total. The largest absolute Gasteiger partial charge is 0.478 e. The van der Waals surface area contributed by atoms with E-state index in [1.807, 2.05) is 32.0 Å². The molecular formula is C25H21N3O4S2. The summed E-state index contributed by atoms with van der Waals surface area (Å²) in [6.45, 7) is 3.98. The molecule has 0 fully saturated rings. The SMILES string of the molecule is Cc1cccc(NC(=O)CSc2nc3ccc(NC(=O)c4ccccc4C(=O)O)cc3s2)c1C. The predicted octanol–water partition coefficient (Wildman–Crippen LogP) is 5.59. The third-order valence-corrected chi connectivity index (χ3v) is 7.40. The van der Waals surface area contributed by atoms with Crippen molar-refractivity contribution in [3.63, 3.8) is 0 Å². The highest BCUT2D eigenvalue weighted by Gasteiger charge is 2.16. The summed E-state index contributed by atoms with van der Waals surface area (Å²) in [7, 11) is 0. The molecule has 0 aliphatic heterocycles. The van der Waals surface area contributed by atoms with E-state index in [2.05, 4.69) is 15.6 Å². The molecule has 1 aromatic heterocycles. The van der Waals surface area contributed by atoms with Gasteiger partial charge in [0.2, 0.25) is 5.91 Å². The van der Waals surface area contributed by atoms with E-state index in [0.29, 0.717) is 5.69 Å². The number of carbonyl (C=O) groups excluding carboxylic acids is 2. The number of carboxylic acids is 1. The molecule has 4 aromatic rings. The minimum atomic E-state index is -1.16. The van der Waals surface area contributed by atoms with Gasteiger partial charge in [0.1, 0.15) is 0 Å². The number of carbonyl (C=O) groups is 3. The standard InChI is InChI=1S/C25H21N3O4S2/c1-14-6-5-9-19(15(14)2)27-22(29)13-33-25-28-20-11-10-16(12-21(20)34-25)26-23(30)17-7-3-4-8-18(17)24(31)32/h3-12H,13H2,1-2H3,(H,26,30)(H,27,29)(H,31,32). The Labute approximate surface area is 204 Å². The van der Waals surface area contributed by atoms with Crippen LogP contribution in [-0.4, -0.2) is 33.6 Å². The molecule has 3 aromatic carbocycles. The summed E-state index contributed by atoms with van der Waals surface area (Å²) < 4.78 is 1.59. The predicted molar refractivity (Wildman–Crippen MR) is 136 cm³/mol. The van der Waals surface area contributed by atoms with Gasteiger partial charge in [0.15, 0.2) is 4.34 Å². The number of hydrogen-bond acceptors (Lipinski definition) is 6. The molecule has 172 valence electrons. The number of carboxylic acid groups (broad SMARTS) is 1. The Morgan fingerprint density at radius 3 is 2.50 bits per heavy atom. The van der Waals surface area contributed by atoms with E-state index >= 15 is 0 Å². The van der Waals surface area contributed by atoms with E-state index < -0.39 is 11.9 Å². The van der Waals surface area contributed by atoms with Crippen molar-refractivity contribution < 1.29 is 19.5 Å². The van der Waals surface area contributed by atoms with Crippen molar-refractivity contribution in [2.24, 2.45) is 0 Å². The zero-order chi connectivity index (χ0) is 24.2. The first-order chi connectivity index (χ1) is 16.3. The number of aromatic nitrogens is 1. The Kier molecular flexibility index (Phi) is 6.95. The number of rotatable bonds is 7. The smallest absolute Gasteiger partial charge is 0.336 e. The van der Waals surface area contributed by atoms with Crippen molar-refractivity contribution in [3.8, 4) is 0 Å². The van der Waals surface area contributed by atoms with Crippen LogP contribution in [0.25, 0.3) is 10.2 Å². The van der Waals surface area contributed by atoms with Crippen molar-refractivity contribution >= 4 is 62.5 Å². The number of thiazole rings is 1. The number of anilines is 2.